The van der Waals surface area contributed by atoms with Crippen molar-refractivity contribution in [2.75, 3.05) is 12.3 Å². The molecule has 3 rings (SSSR count). The first-order valence-corrected chi connectivity index (χ1v) is 6.16. The van der Waals surface area contributed by atoms with Crippen LogP contribution in [0.25, 0.3) is 16.7 Å². The smallest absolute Gasteiger partial charge is 0.271 e. The van der Waals surface area contributed by atoms with E-state index in [1.54, 1.807) is 10.5 Å². The first-order valence-electron chi connectivity index (χ1n) is 6.16. The minimum atomic E-state index is -2.62. The number of nitrogen functional groups attached to an aromatic ring is 1. The molecule has 21 heavy (non-hydrogen) atoms. The molecule has 1 aromatic carbocycles. The number of fused-ring (bicyclic) bond motifs is 3. The number of nitrogens with one attached hydrogen (secondary N) is 1. The second kappa shape index (κ2) is 4.97. The van der Waals surface area contributed by atoms with Crippen molar-refractivity contribution < 1.29 is 13.6 Å². The van der Waals surface area contributed by atoms with Gasteiger partial charge in [0.15, 0.2) is 11.5 Å². The fraction of sp³-hybridized carbons (Fsp3) is 0.154. The van der Waals surface area contributed by atoms with Crippen molar-refractivity contribution in [1.29, 1.82) is 0 Å². The van der Waals surface area contributed by atoms with E-state index in [0.717, 1.165) is 5.52 Å². The molecule has 8 heteroatoms. The van der Waals surface area contributed by atoms with E-state index in [0.29, 0.717) is 11.2 Å². The summed E-state index contributed by atoms with van der Waals surface area (Å²) in [4.78, 5) is 20.0. The van der Waals surface area contributed by atoms with Crippen LogP contribution in [0.15, 0.2) is 30.5 Å². The van der Waals surface area contributed by atoms with Crippen molar-refractivity contribution in [3.8, 4) is 0 Å². The van der Waals surface area contributed by atoms with Crippen LogP contribution in [0.3, 0.4) is 0 Å². The van der Waals surface area contributed by atoms with Gasteiger partial charge in [-0.1, -0.05) is 12.1 Å². The van der Waals surface area contributed by atoms with Crippen molar-refractivity contribution in [1.82, 2.24) is 19.7 Å². The molecule has 0 aliphatic carbocycles. The number of nitrogens with zero attached hydrogens (tertiary/aromatic N) is 3. The highest BCUT2D eigenvalue weighted by atomic mass is 19.3. The van der Waals surface area contributed by atoms with Gasteiger partial charge in [-0.15, -0.1) is 0 Å². The van der Waals surface area contributed by atoms with Crippen LogP contribution >= 0.6 is 0 Å². The third kappa shape index (κ3) is 2.35. The normalized spacial score (nSPS) is 11.4. The fourth-order valence-corrected chi connectivity index (χ4v) is 2.06. The Kier molecular flexibility index (Phi) is 3.13. The third-order valence-corrected chi connectivity index (χ3v) is 2.97. The Labute approximate surface area is 117 Å². The van der Waals surface area contributed by atoms with Gasteiger partial charge in [-0.3, -0.25) is 9.20 Å². The van der Waals surface area contributed by atoms with E-state index in [1.165, 1.54) is 6.20 Å². The maximum Gasteiger partial charge on any atom is 0.271 e. The summed E-state index contributed by atoms with van der Waals surface area (Å²) in [6.45, 7) is -0.733. The van der Waals surface area contributed by atoms with Crippen molar-refractivity contribution in [3.63, 3.8) is 0 Å². The van der Waals surface area contributed by atoms with Crippen molar-refractivity contribution >= 4 is 28.4 Å². The molecular formula is C13H11F2N5O. The number of carbonyl (C=O) groups is 1. The van der Waals surface area contributed by atoms with Crippen molar-refractivity contribution in [2.45, 2.75) is 6.43 Å². The molecule has 0 bridgehead atoms. The molecule has 0 spiro atoms. The van der Waals surface area contributed by atoms with Crippen molar-refractivity contribution in [2.24, 2.45) is 0 Å². The van der Waals surface area contributed by atoms with Gasteiger partial charge in [-0.05, 0) is 12.1 Å². The lowest BCUT2D eigenvalue weighted by atomic mass is 10.3. The number of halogens is 2. The number of carbonyl (C=O) groups excluding carboxylic acids is 1. The number of anilines is 1. The van der Waals surface area contributed by atoms with E-state index in [-0.39, 0.29) is 11.5 Å². The lowest BCUT2D eigenvalue weighted by Gasteiger charge is -2.06. The number of para-hydroxylation sites is 2. The maximum absolute atomic E-state index is 12.1. The Morgan fingerprint density at radius 2 is 2.10 bits per heavy atom. The number of hydrogen-bond acceptors (Lipinski definition) is 4. The minimum absolute atomic E-state index is 0.0381. The fourth-order valence-electron chi connectivity index (χ4n) is 2.06. The van der Waals surface area contributed by atoms with Gasteiger partial charge in [0, 0.05) is 6.20 Å². The zero-order valence-corrected chi connectivity index (χ0v) is 10.8. The van der Waals surface area contributed by atoms with Crippen LogP contribution in [0.2, 0.25) is 0 Å². The van der Waals surface area contributed by atoms with E-state index in [9.17, 15) is 13.6 Å². The topological polar surface area (TPSA) is 85.3 Å². The van der Waals surface area contributed by atoms with Gasteiger partial charge in [-0.2, -0.15) is 0 Å². The van der Waals surface area contributed by atoms with E-state index in [1.807, 2.05) is 18.2 Å². The summed E-state index contributed by atoms with van der Waals surface area (Å²) in [5.74, 6) is -0.641. The summed E-state index contributed by atoms with van der Waals surface area (Å²) in [6.07, 6.45) is -1.19. The van der Waals surface area contributed by atoms with E-state index >= 15 is 0 Å². The second-order valence-corrected chi connectivity index (χ2v) is 4.41. The molecule has 3 N–H and O–H groups in total. The summed E-state index contributed by atoms with van der Waals surface area (Å²) in [5.41, 5.74) is 7.63. The molecule has 2 aromatic heterocycles. The number of hydrogen-bond donors (Lipinski definition) is 2. The highest BCUT2D eigenvalue weighted by Crippen LogP contribution is 2.19. The van der Waals surface area contributed by atoms with Crippen LogP contribution in [0.1, 0.15) is 10.5 Å². The highest BCUT2D eigenvalue weighted by molar-refractivity contribution is 5.94. The molecule has 0 aliphatic heterocycles. The molecule has 0 atom stereocenters. The van der Waals surface area contributed by atoms with E-state index < -0.39 is 18.9 Å². The number of amides is 1. The van der Waals surface area contributed by atoms with Crippen LogP contribution in [0.5, 0.6) is 0 Å². The largest absolute Gasteiger partial charge is 0.381 e. The Morgan fingerprint density at radius 1 is 1.33 bits per heavy atom. The van der Waals surface area contributed by atoms with Crippen LogP contribution in [-0.4, -0.2) is 33.2 Å². The second-order valence-electron chi connectivity index (χ2n) is 4.41. The number of aromatic nitrogens is 3. The lowest BCUT2D eigenvalue weighted by molar-refractivity contribution is 0.0886. The first-order chi connectivity index (χ1) is 10.1. The molecular weight excluding hydrogens is 280 g/mol. The highest BCUT2D eigenvalue weighted by Gasteiger charge is 2.15. The third-order valence-electron chi connectivity index (χ3n) is 2.97. The van der Waals surface area contributed by atoms with Gasteiger partial charge in [0.05, 0.1) is 17.6 Å². The van der Waals surface area contributed by atoms with Gasteiger partial charge in [-0.25, -0.2) is 18.7 Å². The molecule has 0 saturated carbocycles. The predicted octanol–water partition coefficient (Wildman–Crippen LogP) is 1.46. The summed E-state index contributed by atoms with van der Waals surface area (Å²) >= 11 is 0. The number of alkyl halides is 2. The standard InChI is InChI=1S/C13H11F2N5O/c14-10(15)5-17-13(21)8-6-20-9-4-2-1-3-7(9)19-12(20)11(16)18-8/h1-4,6,10H,5H2,(H2,16,18)(H,17,21). The zero-order chi connectivity index (χ0) is 15.0. The molecule has 0 radical (unpaired) electrons. The zero-order valence-electron chi connectivity index (χ0n) is 10.8. The molecule has 0 unspecified atom stereocenters. The molecule has 6 nitrogen and oxygen atoms in total. The summed E-state index contributed by atoms with van der Waals surface area (Å²) < 4.78 is 25.9. The Morgan fingerprint density at radius 3 is 2.86 bits per heavy atom. The van der Waals surface area contributed by atoms with Crippen LogP contribution in [0, 0.1) is 0 Å². The predicted molar refractivity (Wildman–Crippen MR) is 73.2 cm³/mol. The van der Waals surface area contributed by atoms with Crippen LogP contribution in [-0.2, 0) is 0 Å². The Bertz CT molecular complexity index is 830. The number of benzene rings is 1. The molecule has 0 saturated heterocycles. The lowest BCUT2D eigenvalue weighted by Crippen LogP contribution is -2.29. The molecule has 1 amide bonds. The van der Waals surface area contributed by atoms with E-state index in [4.69, 9.17) is 5.73 Å². The van der Waals surface area contributed by atoms with Crippen molar-refractivity contribution in [3.05, 3.63) is 36.2 Å². The number of imidazole rings is 1. The van der Waals surface area contributed by atoms with Gasteiger partial charge in [0.1, 0.15) is 5.69 Å². The average Bonchev–Trinajstić information content (AvgIpc) is 2.84. The monoisotopic (exact) mass is 291 g/mol. The molecule has 3 aromatic rings. The summed E-state index contributed by atoms with van der Waals surface area (Å²) in [6, 6.07) is 7.27. The quantitative estimate of drug-likeness (QED) is 0.765. The number of rotatable bonds is 3. The van der Waals surface area contributed by atoms with Gasteiger partial charge in [0.25, 0.3) is 12.3 Å². The Balaban J connectivity index is 2.09. The molecule has 0 fully saturated rings. The SMILES string of the molecule is Nc1nc(C(=O)NCC(F)F)cn2c1nc1ccccc12. The van der Waals surface area contributed by atoms with E-state index in [2.05, 4.69) is 15.3 Å². The van der Waals surface area contributed by atoms with Crippen LogP contribution in [0.4, 0.5) is 14.6 Å². The summed E-state index contributed by atoms with van der Waals surface area (Å²) in [7, 11) is 0. The first kappa shape index (κ1) is 13.2. The number of nitrogens with two attached hydrogens (primary N) is 1. The molecule has 2 heterocycles. The maximum atomic E-state index is 12.1. The minimum Gasteiger partial charge on any atom is -0.381 e. The Hall–Kier alpha value is -2.77. The van der Waals surface area contributed by atoms with Gasteiger partial charge < -0.3 is 11.1 Å². The average molecular weight is 291 g/mol. The van der Waals surface area contributed by atoms with Gasteiger partial charge >= 0.3 is 0 Å². The van der Waals surface area contributed by atoms with Crippen LogP contribution < -0.4 is 11.1 Å². The molecule has 0 aliphatic rings. The molecule has 108 valence electrons. The summed E-state index contributed by atoms with van der Waals surface area (Å²) in [5, 5.41) is 2.09. The van der Waals surface area contributed by atoms with Gasteiger partial charge in [0.2, 0.25) is 0 Å².